The molecule has 0 aliphatic carbocycles. The van der Waals surface area contributed by atoms with E-state index in [2.05, 4.69) is 20.4 Å². The predicted molar refractivity (Wildman–Crippen MR) is 108 cm³/mol. The number of benzene rings is 1. The molecule has 0 saturated heterocycles. The molecule has 0 amide bonds. The van der Waals surface area contributed by atoms with Gasteiger partial charge in [-0.1, -0.05) is 22.8 Å². The number of nitrogens with two attached hydrogens (primary N) is 1. The predicted octanol–water partition coefficient (Wildman–Crippen LogP) is 3.03. The Labute approximate surface area is 172 Å². The van der Waals surface area contributed by atoms with Gasteiger partial charge in [0.2, 0.25) is 5.95 Å². The number of methoxy groups -OCH3 is 1. The number of anilines is 3. The Hall–Kier alpha value is -2.88. The topological polar surface area (TPSA) is 129 Å². The molecule has 0 unspecified atom stereocenters. The monoisotopic (exact) mass is 419 g/mol. The van der Waals surface area contributed by atoms with Gasteiger partial charge in [-0.15, -0.1) is 0 Å². The molecule has 3 aromatic rings. The summed E-state index contributed by atoms with van der Waals surface area (Å²) in [5.41, 5.74) is 5.75. The second-order valence-electron chi connectivity index (χ2n) is 6.50. The van der Waals surface area contributed by atoms with Gasteiger partial charge in [0.15, 0.2) is 5.82 Å². The number of hydrogen-bond acceptors (Lipinski definition) is 9. The van der Waals surface area contributed by atoms with Crippen molar-refractivity contribution in [1.29, 1.82) is 0 Å². The van der Waals surface area contributed by atoms with Crippen molar-refractivity contribution >= 4 is 29.1 Å². The molecule has 0 fully saturated rings. The molecule has 0 aliphatic heterocycles. The van der Waals surface area contributed by atoms with Gasteiger partial charge in [0.05, 0.1) is 18.5 Å². The molecule has 0 aliphatic rings. The molecule has 9 nitrogen and oxygen atoms in total. The number of halogens is 1. The van der Waals surface area contributed by atoms with Gasteiger partial charge < -0.3 is 30.2 Å². The van der Waals surface area contributed by atoms with E-state index in [-0.39, 0.29) is 11.0 Å². The molecule has 10 heteroatoms. The summed E-state index contributed by atoms with van der Waals surface area (Å²) >= 11 is 6.18. The molecule has 3 rings (SSSR count). The first-order valence-corrected chi connectivity index (χ1v) is 9.16. The van der Waals surface area contributed by atoms with Crippen molar-refractivity contribution in [1.82, 2.24) is 15.1 Å². The first-order chi connectivity index (χ1) is 13.8. The van der Waals surface area contributed by atoms with E-state index in [1.165, 1.54) is 6.20 Å². The highest BCUT2D eigenvalue weighted by atomic mass is 35.5. The second kappa shape index (κ2) is 8.64. The molecule has 4 N–H and O–H groups in total. The van der Waals surface area contributed by atoms with Crippen LogP contribution >= 0.6 is 11.6 Å². The fourth-order valence-electron chi connectivity index (χ4n) is 2.63. The van der Waals surface area contributed by atoms with Crippen molar-refractivity contribution in [2.45, 2.75) is 19.4 Å². The highest BCUT2D eigenvalue weighted by molar-refractivity contribution is 6.32. The van der Waals surface area contributed by atoms with E-state index in [0.717, 1.165) is 0 Å². The third-order valence-corrected chi connectivity index (χ3v) is 4.51. The maximum atomic E-state index is 11.1. The Balaban J connectivity index is 2.00. The van der Waals surface area contributed by atoms with E-state index in [9.17, 15) is 5.11 Å². The zero-order valence-corrected chi connectivity index (χ0v) is 17.0. The van der Waals surface area contributed by atoms with Gasteiger partial charge in [-0.05, 0) is 31.5 Å². The van der Waals surface area contributed by atoms with E-state index >= 15 is 0 Å². The molecular weight excluding hydrogens is 398 g/mol. The summed E-state index contributed by atoms with van der Waals surface area (Å²) in [5, 5.41) is 18.4. The minimum absolute atomic E-state index is 0.0694. The van der Waals surface area contributed by atoms with Crippen LogP contribution in [0.1, 0.15) is 23.9 Å². The van der Waals surface area contributed by atoms with Crippen LogP contribution in [-0.2, 0) is 10.3 Å². The van der Waals surface area contributed by atoms with Crippen molar-refractivity contribution in [2.75, 3.05) is 31.4 Å². The van der Waals surface area contributed by atoms with E-state index in [0.29, 0.717) is 47.5 Å². The second-order valence-corrected chi connectivity index (χ2v) is 6.90. The fourth-order valence-corrected chi connectivity index (χ4v) is 2.77. The Morgan fingerprint density at radius 2 is 2.10 bits per heavy atom. The number of nitrogens with zero attached hydrogens (tertiary/aromatic N) is 3. The smallest absolute Gasteiger partial charge is 0.222 e. The highest BCUT2D eigenvalue weighted by Gasteiger charge is 2.30. The lowest BCUT2D eigenvalue weighted by molar-refractivity contribution is 0.0931. The van der Waals surface area contributed by atoms with Crippen molar-refractivity contribution < 1.29 is 19.1 Å². The standard InChI is InChI=1S/C19H22ClN5O4/c1-11-8-16(25-29-11)19(2,26)12-4-5-15(28-7-6-27-3)14(9-12)23-17-13(20)10-22-18(21)24-17/h4-5,8-10,26H,6-7H2,1-3H3,(H3,21,22,23,24)/t19-/m0/s1. The number of aliphatic hydroxyl groups is 1. The van der Waals surface area contributed by atoms with Crippen LogP contribution in [0, 0.1) is 6.92 Å². The molecule has 29 heavy (non-hydrogen) atoms. The molecule has 154 valence electrons. The van der Waals surface area contributed by atoms with E-state index < -0.39 is 5.60 Å². The van der Waals surface area contributed by atoms with Gasteiger partial charge >= 0.3 is 0 Å². The first kappa shape index (κ1) is 20.8. The van der Waals surface area contributed by atoms with Crippen molar-refractivity contribution in [3.05, 3.63) is 52.5 Å². The van der Waals surface area contributed by atoms with Gasteiger partial charge in [0, 0.05) is 13.2 Å². The lowest BCUT2D eigenvalue weighted by Gasteiger charge is -2.23. The van der Waals surface area contributed by atoms with Crippen LogP contribution in [0.5, 0.6) is 5.75 Å². The number of hydrogen-bond donors (Lipinski definition) is 3. The summed E-state index contributed by atoms with van der Waals surface area (Å²) in [7, 11) is 1.59. The molecule has 0 radical (unpaired) electrons. The summed E-state index contributed by atoms with van der Waals surface area (Å²) in [6.45, 7) is 4.14. The van der Waals surface area contributed by atoms with E-state index in [1.54, 1.807) is 45.2 Å². The number of nitrogen functional groups attached to an aromatic ring is 1. The van der Waals surface area contributed by atoms with Crippen LogP contribution in [0.3, 0.4) is 0 Å². The summed E-state index contributed by atoms with van der Waals surface area (Å²) in [6, 6.07) is 6.87. The molecule has 2 heterocycles. The Morgan fingerprint density at radius 3 is 2.79 bits per heavy atom. The van der Waals surface area contributed by atoms with Crippen LogP contribution < -0.4 is 15.8 Å². The van der Waals surface area contributed by atoms with Crippen LogP contribution in [0.4, 0.5) is 17.5 Å². The van der Waals surface area contributed by atoms with Crippen LogP contribution in [0.2, 0.25) is 5.02 Å². The average molecular weight is 420 g/mol. The van der Waals surface area contributed by atoms with Gasteiger partial charge in [-0.25, -0.2) is 4.98 Å². The number of rotatable bonds is 8. The van der Waals surface area contributed by atoms with Crippen molar-refractivity contribution in [3.63, 3.8) is 0 Å². The lowest BCUT2D eigenvalue weighted by atomic mass is 9.92. The van der Waals surface area contributed by atoms with Crippen LogP contribution in [0.25, 0.3) is 0 Å². The zero-order chi connectivity index (χ0) is 21.0. The lowest BCUT2D eigenvalue weighted by Crippen LogP contribution is -2.23. The third kappa shape index (κ3) is 4.76. The number of aryl methyl sites for hydroxylation is 1. The maximum absolute atomic E-state index is 11.1. The van der Waals surface area contributed by atoms with E-state index in [4.69, 9.17) is 31.3 Å². The number of ether oxygens (including phenoxy) is 2. The number of aromatic nitrogens is 3. The van der Waals surface area contributed by atoms with Gasteiger partial charge in [-0.2, -0.15) is 4.98 Å². The molecule has 0 saturated carbocycles. The zero-order valence-electron chi connectivity index (χ0n) is 16.3. The summed E-state index contributed by atoms with van der Waals surface area (Å²) < 4.78 is 15.9. The minimum Gasteiger partial charge on any atom is -0.489 e. The maximum Gasteiger partial charge on any atom is 0.222 e. The summed E-state index contributed by atoms with van der Waals surface area (Å²) in [6.07, 6.45) is 1.40. The van der Waals surface area contributed by atoms with Crippen molar-refractivity contribution in [3.8, 4) is 5.75 Å². The third-order valence-electron chi connectivity index (χ3n) is 4.23. The van der Waals surface area contributed by atoms with Gasteiger partial charge in [0.1, 0.15) is 34.4 Å². The summed E-state index contributed by atoms with van der Waals surface area (Å²) in [4.78, 5) is 7.96. The van der Waals surface area contributed by atoms with E-state index in [1.807, 2.05) is 0 Å². The SMILES string of the molecule is COCCOc1ccc([C@](C)(O)c2cc(C)on2)cc1Nc1nc(N)ncc1Cl. The Morgan fingerprint density at radius 1 is 1.31 bits per heavy atom. The molecular formula is C19H22ClN5O4. The fraction of sp³-hybridized carbons (Fsp3) is 0.316. The summed E-state index contributed by atoms with van der Waals surface area (Å²) in [5.74, 6) is 1.50. The quantitative estimate of drug-likeness (QED) is 0.471. The Kier molecular flexibility index (Phi) is 6.21. The minimum atomic E-state index is -1.40. The number of nitrogens with one attached hydrogen (secondary N) is 1. The normalized spacial score (nSPS) is 13.1. The van der Waals surface area contributed by atoms with Gasteiger partial charge in [-0.3, -0.25) is 0 Å². The Bertz CT molecular complexity index is 992. The van der Waals surface area contributed by atoms with Crippen molar-refractivity contribution in [2.24, 2.45) is 0 Å². The van der Waals surface area contributed by atoms with Crippen LogP contribution in [0.15, 0.2) is 35.0 Å². The highest BCUT2D eigenvalue weighted by Crippen LogP contribution is 2.36. The van der Waals surface area contributed by atoms with Crippen LogP contribution in [-0.4, -0.2) is 40.6 Å². The molecule has 0 bridgehead atoms. The average Bonchev–Trinajstić information content (AvgIpc) is 3.13. The largest absolute Gasteiger partial charge is 0.489 e. The molecule has 1 aromatic carbocycles. The molecule has 1 atom stereocenters. The molecule has 2 aromatic heterocycles. The first-order valence-electron chi connectivity index (χ1n) is 8.78. The van der Waals surface area contributed by atoms with Gasteiger partial charge in [0.25, 0.3) is 0 Å². The molecule has 0 spiro atoms.